The highest BCUT2D eigenvalue weighted by molar-refractivity contribution is 5.97. The van der Waals surface area contributed by atoms with E-state index in [1.54, 1.807) is 4.58 Å². The van der Waals surface area contributed by atoms with Gasteiger partial charge in [0.05, 0.1) is 13.0 Å². The Kier molecular flexibility index (Phi) is 4.84. The van der Waals surface area contributed by atoms with Gasteiger partial charge in [-0.2, -0.15) is 30.7 Å². The maximum Gasteiger partial charge on any atom is 0.460 e. The number of amidine groups is 1. The molecule has 0 unspecified atom stereocenters. The second-order valence-corrected chi connectivity index (χ2v) is 5.66. The third kappa shape index (κ3) is 3.47. The van der Waals surface area contributed by atoms with Crippen molar-refractivity contribution < 1.29 is 40.1 Å². The van der Waals surface area contributed by atoms with Crippen molar-refractivity contribution in [3.05, 3.63) is 35.4 Å². The molecule has 0 amide bonds. The molecule has 1 aromatic carbocycles. The van der Waals surface area contributed by atoms with E-state index in [0.717, 1.165) is 18.6 Å². The number of rotatable bonds is 5. The highest BCUT2D eigenvalue weighted by atomic mass is 19.4. The summed E-state index contributed by atoms with van der Waals surface area (Å²) in [6, 6.07) is 2.38. The fourth-order valence-electron chi connectivity index (χ4n) is 2.42. The molecule has 2 N–H and O–H groups in total. The summed E-state index contributed by atoms with van der Waals surface area (Å²) in [6.45, 7) is 0.422. The molecule has 0 atom stereocenters. The van der Waals surface area contributed by atoms with E-state index in [4.69, 9.17) is 5.73 Å². The van der Waals surface area contributed by atoms with Gasteiger partial charge in [-0.05, 0) is 6.42 Å². The van der Waals surface area contributed by atoms with E-state index < -0.39 is 29.4 Å². The first-order valence-corrected chi connectivity index (χ1v) is 7.20. The average molecular weight is 371 g/mol. The molecule has 0 aromatic heterocycles. The Bertz CT molecular complexity index is 693. The molecule has 1 aliphatic rings. The third-order valence-corrected chi connectivity index (χ3v) is 3.92. The van der Waals surface area contributed by atoms with Gasteiger partial charge in [0, 0.05) is 11.1 Å². The molecule has 25 heavy (non-hydrogen) atoms. The number of ketones is 1. The van der Waals surface area contributed by atoms with Crippen LogP contribution >= 0.6 is 0 Å². The first-order valence-electron chi connectivity index (χ1n) is 7.20. The zero-order valence-corrected chi connectivity index (χ0v) is 12.7. The first-order chi connectivity index (χ1) is 11.4. The largest absolute Gasteiger partial charge is 0.460 e. The van der Waals surface area contributed by atoms with Gasteiger partial charge >= 0.3 is 18.0 Å². The molecule has 3 nitrogen and oxygen atoms in total. The minimum Gasteiger partial charge on any atom is -0.291 e. The van der Waals surface area contributed by atoms with Crippen LogP contribution in [0.25, 0.3) is 0 Å². The van der Waals surface area contributed by atoms with Crippen LogP contribution in [0.5, 0.6) is 0 Å². The van der Waals surface area contributed by atoms with Crippen molar-refractivity contribution >= 4 is 11.6 Å². The van der Waals surface area contributed by atoms with Gasteiger partial charge in [-0.1, -0.05) is 24.3 Å². The van der Waals surface area contributed by atoms with E-state index in [9.17, 15) is 35.5 Å². The lowest BCUT2D eigenvalue weighted by molar-refractivity contribution is -0.507. The van der Waals surface area contributed by atoms with Crippen LogP contribution in [0.15, 0.2) is 24.3 Å². The van der Waals surface area contributed by atoms with Gasteiger partial charge in [0.1, 0.15) is 6.54 Å². The second-order valence-electron chi connectivity index (χ2n) is 5.66. The topological polar surface area (TPSA) is 46.1 Å². The Hall–Kier alpha value is -2.13. The average Bonchev–Trinajstić information content (AvgIpc) is 2.91. The zero-order chi connectivity index (χ0) is 19.0. The molecular formula is C15H14F7N2O+. The van der Waals surface area contributed by atoms with Crippen LogP contribution in [0.2, 0.25) is 0 Å². The fraction of sp³-hybridized carbons (Fsp3) is 0.467. The maximum absolute atomic E-state index is 13.6. The van der Waals surface area contributed by atoms with Crippen LogP contribution in [-0.2, 0) is 5.92 Å². The van der Waals surface area contributed by atoms with Crippen molar-refractivity contribution in [2.45, 2.75) is 30.9 Å². The van der Waals surface area contributed by atoms with E-state index in [2.05, 4.69) is 0 Å². The Morgan fingerprint density at radius 1 is 1.04 bits per heavy atom. The number of halogens is 7. The molecular weight excluding hydrogens is 357 g/mol. The lowest BCUT2D eigenvalue weighted by atomic mass is 9.99. The molecule has 0 saturated carbocycles. The predicted octanol–water partition coefficient (Wildman–Crippen LogP) is 3.32. The van der Waals surface area contributed by atoms with Crippen molar-refractivity contribution in [3.8, 4) is 0 Å². The Labute approximate surface area is 137 Å². The van der Waals surface area contributed by atoms with Gasteiger partial charge in [0.2, 0.25) is 11.6 Å². The molecule has 0 aliphatic carbocycles. The van der Waals surface area contributed by atoms with Gasteiger partial charge in [-0.15, -0.1) is 0 Å². The Morgan fingerprint density at radius 3 is 2.04 bits per heavy atom. The first kappa shape index (κ1) is 19.2. The summed E-state index contributed by atoms with van der Waals surface area (Å²) in [4.78, 5) is 12.0. The summed E-state index contributed by atoms with van der Waals surface area (Å²) in [5.41, 5.74) is 4.06. The van der Waals surface area contributed by atoms with Gasteiger partial charge < -0.3 is 0 Å². The monoisotopic (exact) mass is 371 g/mol. The number of benzene rings is 1. The van der Waals surface area contributed by atoms with Gasteiger partial charge in [-0.25, -0.2) is 0 Å². The van der Waals surface area contributed by atoms with Crippen LogP contribution < -0.4 is 5.73 Å². The lowest BCUT2D eigenvalue weighted by Crippen LogP contribution is -2.50. The van der Waals surface area contributed by atoms with Gasteiger partial charge in [-0.3, -0.25) is 15.1 Å². The number of carbonyl (C=O) groups is 1. The standard InChI is InChI=1S/C15H13F7N2O/c16-13(17,14(18,19)15(20,21)22)10-5-3-9(4-6-10)11(25)8-24-7-1-2-12(24)23/h3-6,23H,1-2,7-8H2/p+1. The summed E-state index contributed by atoms with van der Waals surface area (Å²) in [5.74, 6) is -11.7. The van der Waals surface area contributed by atoms with Crippen LogP contribution in [0, 0.1) is 0 Å². The zero-order valence-electron chi connectivity index (χ0n) is 12.7. The molecule has 1 aromatic rings. The van der Waals surface area contributed by atoms with Crippen molar-refractivity contribution in [1.82, 2.24) is 0 Å². The molecule has 0 fully saturated rings. The van der Waals surface area contributed by atoms with Gasteiger partial charge in [0.15, 0.2) is 0 Å². The van der Waals surface area contributed by atoms with Crippen LogP contribution in [0.4, 0.5) is 30.7 Å². The SMILES string of the molecule is NC1=[N+](CC(=O)c2ccc(C(F)(F)C(F)(F)C(F)(F)F)cc2)CCC1. The normalized spacial score (nSPS) is 16.4. The molecule has 2 rings (SSSR count). The van der Waals surface area contributed by atoms with Crippen LogP contribution in [0.3, 0.4) is 0 Å². The number of Topliss-reactive ketones (excluding diaryl/α,β-unsaturated/α-hetero) is 1. The smallest absolute Gasteiger partial charge is 0.291 e. The molecule has 0 bridgehead atoms. The van der Waals surface area contributed by atoms with Crippen molar-refractivity contribution in [1.29, 1.82) is 0 Å². The Morgan fingerprint density at radius 2 is 1.60 bits per heavy atom. The number of nitrogens with zero attached hydrogens (tertiary/aromatic N) is 1. The number of carbonyl (C=O) groups excluding carboxylic acids is 1. The highest BCUT2D eigenvalue weighted by Gasteiger charge is 2.73. The maximum atomic E-state index is 13.6. The predicted molar refractivity (Wildman–Crippen MR) is 74.1 cm³/mol. The third-order valence-electron chi connectivity index (χ3n) is 3.92. The minimum atomic E-state index is -6.41. The molecule has 0 radical (unpaired) electrons. The summed E-state index contributed by atoms with van der Waals surface area (Å²) in [5, 5.41) is 0. The quantitative estimate of drug-likeness (QED) is 0.490. The molecule has 1 heterocycles. The van der Waals surface area contributed by atoms with Crippen molar-refractivity contribution in [2.75, 3.05) is 13.1 Å². The number of nitrogens with two attached hydrogens (primary N) is 1. The number of hydrogen-bond donors (Lipinski definition) is 1. The summed E-state index contributed by atoms with van der Waals surface area (Å²) < 4.78 is 91.3. The highest BCUT2D eigenvalue weighted by Crippen LogP contribution is 2.51. The molecule has 138 valence electrons. The van der Waals surface area contributed by atoms with E-state index in [1.165, 1.54) is 0 Å². The van der Waals surface area contributed by atoms with Crippen LogP contribution in [0.1, 0.15) is 28.8 Å². The number of alkyl halides is 7. The molecule has 0 spiro atoms. The van der Waals surface area contributed by atoms with Crippen molar-refractivity contribution in [2.24, 2.45) is 5.73 Å². The minimum absolute atomic E-state index is 0.0884. The lowest BCUT2D eigenvalue weighted by Gasteiger charge is -2.28. The van der Waals surface area contributed by atoms with E-state index in [0.29, 0.717) is 30.9 Å². The molecule has 0 saturated heterocycles. The second kappa shape index (κ2) is 6.30. The van der Waals surface area contributed by atoms with E-state index >= 15 is 0 Å². The fourth-order valence-corrected chi connectivity index (χ4v) is 2.42. The van der Waals surface area contributed by atoms with E-state index in [1.807, 2.05) is 0 Å². The summed E-state index contributed by atoms with van der Waals surface area (Å²) in [6.07, 6.45) is -5.03. The van der Waals surface area contributed by atoms with E-state index in [-0.39, 0.29) is 12.1 Å². The van der Waals surface area contributed by atoms with Crippen molar-refractivity contribution in [3.63, 3.8) is 0 Å². The molecule has 10 heteroatoms. The van der Waals surface area contributed by atoms with Crippen LogP contribution in [-0.4, -0.2) is 41.4 Å². The molecule has 1 aliphatic heterocycles. The van der Waals surface area contributed by atoms with Gasteiger partial charge in [0.25, 0.3) is 0 Å². The number of hydrogen-bond acceptors (Lipinski definition) is 2. The Balaban J connectivity index is 2.22. The summed E-state index contributed by atoms with van der Waals surface area (Å²) in [7, 11) is 0. The summed E-state index contributed by atoms with van der Waals surface area (Å²) >= 11 is 0.